The molecular weight excluding hydrogens is 240 g/mol. The molecule has 0 radical (unpaired) electrons. The lowest BCUT2D eigenvalue weighted by molar-refractivity contribution is -0.134. The molecule has 2 rings (SSSR count). The molecule has 1 aromatic rings. The number of carbonyl (C=O) groups is 1. The van der Waals surface area contributed by atoms with Gasteiger partial charge in [0, 0.05) is 13.1 Å². The van der Waals surface area contributed by atoms with Crippen molar-refractivity contribution in [1.29, 1.82) is 0 Å². The second-order valence-corrected chi connectivity index (χ2v) is 5.13. The van der Waals surface area contributed by atoms with Gasteiger partial charge in [-0.05, 0) is 50.4 Å². The first kappa shape index (κ1) is 13.9. The normalized spacial score (nSPS) is 25.1. The van der Waals surface area contributed by atoms with Crippen LogP contribution in [0.25, 0.3) is 0 Å². The van der Waals surface area contributed by atoms with Gasteiger partial charge < -0.3 is 15.7 Å². The summed E-state index contributed by atoms with van der Waals surface area (Å²) in [5.41, 5.74) is 6.28. The molecule has 1 saturated carbocycles. The van der Waals surface area contributed by atoms with Gasteiger partial charge in [0.1, 0.15) is 5.75 Å². The van der Waals surface area contributed by atoms with Crippen LogP contribution in [-0.2, 0) is 10.2 Å². The topological polar surface area (TPSA) is 66.6 Å². The van der Waals surface area contributed by atoms with Crippen LogP contribution in [0.15, 0.2) is 24.3 Å². The summed E-state index contributed by atoms with van der Waals surface area (Å²) in [6.45, 7) is 5.93. The standard InChI is InChI=1S/C15H22N2O2/c1-3-17(4-2)14(19)15(9-12(15)10-16)11-5-7-13(18)8-6-11/h5-8,12,18H,3-4,9-10,16H2,1-2H3/t12-,15-/m0/s1. The van der Waals surface area contributed by atoms with Crippen LogP contribution >= 0.6 is 0 Å². The predicted octanol–water partition coefficient (Wildman–Crippen LogP) is 1.48. The van der Waals surface area contributed by atoms with Crippen LogP contribution in [0.5, 0.6) is 5.75 Å². The highest BCUT2D eigenvalue weighted by atomic mass is 16.3. The van der Waals surface area contributed by atoms with Crippen LogP contribution in [0.2, 0.25) is 0 Å². The first-order valence-corrected chi connectivity index (χ1v) is 6.89. The molecule has 2 atom stereocenters. The van der Waals surface area contributed by atoms with Crippen molar-refractivity contribution in [2.75, 3.05) is 19.6 Å². The molecule has 1 aliphatic carbocycles. The quantitative estimate of drug-likeness (QED) is 0.844. The van der Waals surface area contributed by atoms with E-state index in [1.54, 1.807) is 12.1 Å². The predicted molar refractivity (Wildman–Crippen MR) is 74.9 cm³/mol. The van der Waals surface area contributed by atoms with Crippen LogP contribution < -0.4 is 5.73 Å². The van der Waals surface area contributed by atoms with Gasteiger partial charge in [-0.1, -0.05) is 12.1 Å². The maximum absolute atomic E-state index is 12.8. The monoisotopic (exact) mass is 262 g/mol. The van der Waals surface area contributed by atoms with Gasteiger partial charge in [0.2, 0.25) is 5.91 Å². The second-order valence-electron chi connectivity index (χ2n) is 5.13. The number of benzene rings is 1. The number of nitrogens with zero attached hydrogens (tertiary/aromatic N) is 1. The molecule has 4 heteroatoms. The molecule has 0 aromatic heterocycles. The fourth-order valence-corrected chi connectivity index (χ4v) is 2.91. The van der Waals surface area contributed by atoms with Gasteiger partial charge in [-0.25, -0.2) is 0 Å². The molecule has 0 saturated heterocycles. The number of rotatable bonds is 5. The zero-order valence-electron chi connectivity index (χ0n) is 11.6. The third kappa shape index (κ3) is 2.21. The van der Waals surface area contributed by atoms with Gasteiger partial charge in [0.15, 0.2) is 0 Å². The number of carbonyl (C=O) groups excluding carboxylic acids is 1. The Balaban J connectivity index is 2.34. The summed E-state index contributed by atoms with van der Waals surface area (Å²) < 4.78 is 0. The summed E-state index contributed by atoms with van der Waals surface area (Å²) in [5.74, 6) is 0.600. The number of phenols is 1. The highest BCUT2D eigenvalue weighted by molar-refractivity contribution is 5.92. The van der Waals surface area contributed by atoms with Gasteiger partial charge in [-0.15, -0.1) is 0 Å². The fourth-order valence-electron chi connectivity index (χ4n) is 2.91. The van der Waals surface area contributed by atoms with Gasteiger partial charge in [0.25, 0.3) is 0 Å². The molecule has 1 amide bonds. The Kier molecular flexibility index (Phi) is 3.80. The molecule has 0 spiro atoms. The molecule has 1 fully saturated rings. The van der Waals surface area contributed by atoms with Crippen molar-refractivity contribution in [3.8, 4) is 5.75 Å². The van der Waals surface area contributed by atoms with Crippen molar-refractivity contribution < 1.29 is 9.90 Å². The van der Waals surface area contributed by atoms with E-state index in [0.717, 1.165) is 12.0 Å². The Hall–Kier alpha value is -1.55. The van der Waals surface area contributed by atoms with Crippen LogP contribution in [0.4, 0.5) is 0 Å². The first-order valence-electron chi connectivity index (χ1n) is 6.89. The SMILES string of the molecule is CCN(CC)C(=O)[C@]1(c2ccc(O)cc2)C[C@H]1CN. The van der Waals surface area contributed by atoms with Gasteiger partial charge >= 0.3 is 0 Å². The lowest BCUT2D eigenvalue weighted by Gasteiger charge is -2.26. The van der Waals surface area contributed by atoms with Gasteiger partial charge in [0.05, 0.1) is 5.41 Å². The zero-order chi connectivity index (χ0) is 14.0. The average Bonchev–Trinajstić information content (AvgIpc) is 3.16. The van der Waals surface area contributed by atoms with E-state index >= 15 is 0 Å². The number of hydrogen-bond donors (Lipinski definition) is 2. The molecule has 19 heavy (non-hydrogen) atoms. The van der Waals surface area contributed by atoms with E-state index in [-0.39, 0.29) is 17.6 Å². The van der Waals surface area contributed by atoms with Crippen molar-refractivity contribution in [2.45, 2.75) is 25.7 Å². The number of amides is 1. The van der Waals surface area contributed by atoms with Crippen LogP contribution in [-0.4, -0.2) is 35.5 Å². The van der Waals surface area contributed by atoms with Gasteiger partial charge in [-0.3, -0.25) is 4.79 Å². The number of hydrogen-bond acceptors (Lipinski definition) is 3. The van der Waals surface area contributed by atoms with E-state index in [1.165, 1.54) is 0 Å². The lowest BCUT2D eigenvalue weighted by atomic mass is 9.91. The molecular formula is C15H22N2O2. The summed E-state index contributed by atoms with van der Waals surface area (Å²) in [7, 11) is 0. The highest BCUT2D eigenvalue weighted by Gasteiger charge is 2.61. The van der Waals surface area contributed by atoms with Crippen molar-refractivity contribution in [3.05, 3.63) is 29.8 Å². The third-order valence-electron chi connectivity index (χ3n) is 4.20. The van der Waals surface area contributed by atoms with E-state index < -0.39 is 5.41 Å². The Labute approximate surface area is 114 Å². The minimum Gasteiger partial charge on any atom is -0.508 e. The third-order valence-corrected chi connectivity index (χ3v) is 4.20. The Bertz CT molecular complexity index is 454. The summed E-state index contributed by atoms with van der Waals surface area (Å²) in [6.07, 6.45) is 0.809. The highest BCUT2D eigenvalue weighted by Crippen LogP contribution is 2.55. The average molecular weight is 262 g/mol. The van der Waals surface area contributed by atoms with Crippen LogP contribution in [0.1, 0.15) is 25.8 Å². The minimum atomic E-state index is -0.464. The van der Waals surface area contributed by atoms with Crippen molar-refractivity contribution in [3.63, 3.8) is 0 Å². The van der Waals surface area contributed by atoms with Crippen LogP contribution in [0.3, 0.4) is 0 Å². The fraction of sp³-hybridized carbons (Fsp3) is 0.533. The molecule has 1 aliphatic rings. The number of aromatic hydroxyl groups is 1. The number of likely N-dealkylation sites (N-methyl/N-ethyl adjacent to an activating group) is 1. The molecule has 104 valence electrons. The molecule has 0 bridgehead atoms. The Morgan fingerprint density at radius 2 is 1.95 bits per heavy atom. The maximum Gasteiger partial charge on any atom is 0.233 e. The Morgan fingerprint density at radius 1 is 1.37 bits per heavy atom. The minimum absolute atomic E-state index is 0.165. The summed E-state index contributed by atoms with van der Waals surface area (Å²) >= 11 is 0. The first-order chi connectivity index (χ1) is 9.09. The van der Waals surface area contributed by atoms with E-state index in [2.05, 4.69) is 0 Å². The smallest absolute Gasteiger partial charge is 0.233 e. The van der Waals surface area contributed by atoms with Crippen LogP contribution in [0, 0.1) is 5.92 Å². The Morgan fingerprint density at radius 3 is 2.37 bits per heavy atom. The summed E-state index contributed by atoms with van der Waals surface area (Å²) in [5, 5.41) is 9.39. The maximum atomic E-state index is 12.8. The van der Waals surface area contributed by atoms with E-state index in [4.69, 9.17) is 5.73 Å². The molecule has 0 unspecified atom stereocenters. The molecule has 0 heterocycles. The van der Waals surface area contributed by atoms with E-state index in [9.17, 15) is 9.90 Å². The molecule has 1 aromatic carbocycles. The van der Waals surface area contributed by atoms with E-state index in [0.29, 0.717) is 19.6 Å². The van der Waals surface area contributed by atoms with E-state index in [1.807, 2.05) is 30.9 Å². The molecule has 4 nitrogen and oxygen atoms in total. The van der Waals surface area contributed by atoms with Gasteiger partial charge in [-0.2, -0.15) is 0 Å². The zero-order valence-corrected chi connectivity index (χ0v) is 11.6. The van der Waals surface area contributed by atoms with Crippen molar-refractivity contribution in [2.24, 2.45) is 11.7 Å². The molecule has 3 N–H and O–H groups in total. The second kappa shape index (κ2) is 5.21. The summed E-state index contributed by atoms with van der Waals surface area (Å²) in [6, 6.07) is 6.95. The lowest BCUT2D eigenvalue weighted by Crippen LogP contribution is -2.40. The largest absolute Gasteiger partial charge is 0.508 e. The number of nitrogens with two attached hydrogens (primary N) is 1. The molecule has 0 aliphatic heterocycles. The summed E-state index contributed by atoms with van der Waals surface area (Å²) in [4.78, 5) is 14.6. The van der Waals surface area contributed by atoms with Crippen molar-refractivity contribution >= 4 is 5.91 Å². The number of phenolic OH excluding ortho intramolecular Hbond substituents is 1. The van der Waals surface area contributed by atoms with Crippen molar-refractivity contribution in [1.82, 2.24) is 4.90 Å².